The van der Waals surface area contributed by atoms with Crippen molar-refractivity contribution in [2.24, 2.45) is 4.99 Å². The largest absolute Gasteiger partial charge is 0.455 e. The number of aromatic nitrogens is 1. The van der Waals surface area contributed by atoms with Crippen LogP contribution in [0.25, 0.3) is 44.2 Å². The van der Waals surface area contributed by atoms with E-state index in [0.29, 0.717) is 5.82 Å². The summed E-state index contributed by atoms with van der Waals surface area (Å²) in [5.74, 6) is 1.04. The van der Waals surface area contributed by atoms with Gasteiger partial charge >= 0.3 is 0 Å². The zero-order valence-electron chi connectivity index (χ0n) is 41.4. The highest BCUT2D eigenvalue weighted by molar-refractivity contribution is 6.19. The Morgan fingerprint density at radius 2 is 1.30 bits per heavy atom. The summed E-state index contributed by atoms with van der Waals surface area (Å²) in [6.45, 7) is 24.1. The maximum Gasteiger partial charge on any atom is 0.145 e. The molecule has 1 unspecified atom stereocenters. The first-order valence-corrected chi connectivity index (χ1v) is 24.2. The van der Waals surface area contributed by atoms with Crippen LogP contribution in [-0.2, 0) is 16.2 Å². The van der Waals surface area contributed by atoms with Crippen molar-refractivity contribution >= 4 is 56.7 Å². The van der Waals surface area contributed by atoms with Gasteiger partial charge in [-0.2, -0.15) is 0 Å². The van der Waals surface area contributed by atoms with Crippen molar-refractivity contribution in [1.29, 1.82) is 0 Å². The third-order valence-corrected chi connectivity index (χ3v) is 14.5. The molecule has 2 heterocycles. The number of aliphatic imine (C=N–C) groups is 1. The molecule has 2 aliphatic carbocycles. The number of furan rings is 1. The van der Waals surface area contributed by atoms with E-state index in [4.69, 9.17) is 14.4 Å². The molecule has 2 aliphatic rings. The standard InChI is InChI=1S/C64H57FN4O/c1-11-39(2)37-66-41(4)68(45-26-21-42(22-27-45)62(5,6)7)47-30-32-50-54(35-47)64(52-18-14-12-16-48(52)49-31-25-44(65)34-53(49)64)55-36-56(60-51-17-13-15-19-57(51)70-61(60)59(50)55)69(58-33-20-40(3)38-67-58)46-28-23-43(24-29-46)63(8,9)10/h11-38H,4H2,1-3,5-10H3/b39-11-,66-37-. The number of hydrogen-bond acceptors (Lipinski definition) is 5. The Bertz CT molecular complexity index is 3620. The monoisotopic (exact) mass is 916 g/mol. The van der Waals surface area contributed by atoms with E-state index >= 15 is 4.39 Å². The minimum absolute atomic E-state index is 0.0341. The van der Waals surface area contributed by atoms with Crippen molar-refractivity contribution in [2.75, 3.05) is 9.80 Å². The van der Waals surface area contributed by atoms with Crippen molar-refractivity contribution in [3.05, 3.63) is 227 Å². The normalized spacial score (nSPS) is 15.1. The van der Waals surface area contributed by atoms with Crippen LogP contribution in [0.15, 0.2) is 191 Å². The highest BCUT2D eigenvalue weighted by Crippen LogP contribution is 2.66. The second-order valence-electron chi connectivity index (χ2n) is 21.0. The van der Waals surface area contributed by atoms with Crippen LogP contribution in [-0.4, -0.2) is 11.2 Å². The van der Waals surface area contributed by atoms with Crippen molar-refractivity contribution in [3.8, 4) is 22.3 Å². The van der Waals surface area contributed by atoms with Gasteiger partial charge in [-0.15, -0.1) is 0 Å². The van der Waals surface area contributed by atoms with Crippen molar-refractivity contribution in [2.45, 2.75) is 78.6 Å². The summed E-state index contributed by atoms with van der Waals surface area (Å²) in [5.41, 5.74) is 16.7. The molecule has 0 saturated carbocycles. The van der Waals surface area contributed by atoms with Gasteiger partial charge in [-0.25, -0.2) is 14.4 Å². The van der Waals surface area contributed by atoms with Gasteiger partial charge in [0.2, 0.25) is 0 Å². The van der Waals surface area contributed by atoms with Gasteiger partial charge in [0.25, 0.3) is 0 Å². The van der Waals surface area contributed by atoms with Crippen LogP contribution in [0.4, 0.5) is 33.0 Å². The number of rotatable bonds is 8. The Morgan fingerprint density at radius 1 is 0.671 bits per heavy atom. The molecule has 0 N–H and O–H groups in total. The van der Waals surface area contributed by atoms with Crippen LogP contribution in [0.1, 0.15) is 94.3 Å². The average Bonchev–Trinajstić information content (AvgIpc) is 3.97. The van der Waals surface area contributed by atoms with Gasteiger partial charge in [0.15, 0.2) is 0 Å². The fourth-order valence-electron chi connectivity index (χ4n) is 10.8. The van der Waals surface area contributed by atoms with E-state index in [-0.39, 0.29) is 16.6 Å². The zero-order valence-corrected chi connectivity index (χ0v) is 41.4. The lowest BCUT2D eigenvalue weighted by Gasteiger charge is -2.33. The van der Waals surface area contributed by atoms with E-state index in [1.54, 1.807) is 12.1 Å². The third kappa shape index (κ3) is 7.02. The molecule has 0 bridgehead atoms. The quantitative estimate of drug-likeness (QED) is 0.143. The fourth-order valence-corrected chi connectivity index (χ4v) is 10.8. The number of halogens is 1. The summed E-state index contributed by atoms with van der Waals surface area (Å²) >= 11 is 0. The Balaban J connectivity index is 1.26. The third-order valence-electron chi connectivity index (χ3n) is 14.5. The molecular weight excluding hydrogens is 860 g/mol. The van der Waals surface area contributed by atoms with Crippen LogP contribution in [0, 0.1) is 12.7 Å². The first-order valence-electron chi connectivity index (χ1n) is 24.2. The van der Waals surface area contributed by atoms with E-state index in [1.165, 1.54) is 11.1 Å². The lowest BCUT2D eigenvalue weighted by atomic mass is 9.70. The minimum atomic E-state index is -0.979. The van der Waals surface area contributed by atoms with Gasteiger partial charge in [-0.05, 0) is 160 Å². The number of allylic oxidation sites excluding steroid dienone is 2. The Kier molecular flexibility index (Phi) is 10.5. The van der Waals surface area contributed by atoms with Crippen LogP contribution >= 0.6 is 0 Å². The lowest BCUT2D eigenvalue weighted by molar-refractivity contribution is 0.590. The van der Waals surface area contributed by atoms with E-state index in [1.807, 2.05) is 50.5 Å². The molecule has 0 aliphatic heterocycles. The molecule has 0 saturated heterocycles. The van der Waals surface area contributed by atoms with E-state index < -0.39 is 5.41 Å². The second kappa shape index (κ2) is 16.4. The Morgan fingerprint density at radius 3 is 1.99 bits per heavy atom. The van der Waals surface area contributed by atoms with Crippen LogP contribution < -0.4 is 9.80 Å². The molecule has 1 spiro atoms. The number of benzene rings is 7. The molecule has 1 atom stereocenters. The molecule has 0 fully saturated rings. The lowest BCUT2D eigenvalue weighted by Crippen LogP contribution is -2.27. The molecular formula is C64H57FN4O. The summed E-state index contributed by atoms with van der Waals surface area (Å²) < 4.78 is 23.5. The predicted molar refractivity (Wildman–Crippen MR) is 290 cm³/mol. The maximum atomic E-state index is 16.3. The summed E-state index contributed by atoms with van der Waals surface area (Å²) in [4.78, 5) is 14.5. The van der Waals surface area contributed by atoms with Gasteiger partial charge in [0.1, 0.15) is 28.6 Å². The number of pyridine rings is 1. The van der Waals surface area contributed by atoms with Gasteiger partial charge in [0.05, 0.1) is 16.5 Å². The summed E-state index contributed by atoms with van der Waals surface area (Å²) in [6, 6.07) is 52.9. The SMILES string of the molecule is C=C(/N=C\C(C)=C/C)N(c1ccc(C(C)(C)C)cc1)c1ccc2c(c1)C1(c3ccccc3-c3ccc(F)cc31)c1cc(N(c3ccc(C(C)(C)C)cc3)c3ccc(C)cn3)c3c(oc4ccccc43)c1-2. The molecule has 11 rings (SSSR count). The predicted octanol–water partition coefficient (Wildman–Crippen LogP) is 17.5. The smallest absolute Gasteiger partial charge is 0.145 e. The summed E-state index contributed by atoms with van der Waals surface area (Å²) in [7, 11) is 0. The zero-order chi connectivity index (χ0) is 48.9. The van der Waals surface area contributed by atoms with E-state index in [0.717, 1.165) is 106 Å². The van der Waals surface area contributed by atoms with Gasteiger partial charge < -0.3 is 4.42 Å². The summed E-state index contributed by atoms with van der Waals surface area (Å²) in [6.07, 6.45) is 5.82. The number of aryl methyl sites for hydroxylation is 1. The molecule has 346 valence electrons. The van der Waals surface area contributed by atoms with Crippen molar-refractivity contribution in [1.82, 2.24) is 4.98 Å². The van der Waals surface area contributed by atoms with Crippen LogP contribution in [0.3, 0.4) is 0 Å². The molecule has 0 amide bonds. The Labute approximate surface area is 411 Å². The van der Waals surface area contributed by atoms with Gasteiger partial charge in [-0.1, -0.05) is 139 Å². The first-order chi connectivity index (χ1) is 33.6. The highest BCUT2D eigenvalue weighted by atomic mass is 19.1. The molecule has 9 aromatic rings. The number of hydrogen-bond donors (Lipinski definition) is 0. The van der Waals surface area contributed by atoms with Gasteiger partial charge in [0, 0.05) is 40.4 Å². The van der Waals surface area contributed by atoms with E-state index in [9.17, 15) is 0 Å². The van der Waals surface area contributed by atoms with Crippen LogP contribution in [0.2, 0.25) is 0 Å². The molecule has 7 aromatic carbocycles. The second-order valence-corrected chi connectivity index (χ2v) is 21.0. The van der Waals surface area contributed by atoms with E-state index in [2.05, 4.69) is 186 Å². The molecule has 0 radical (unpaired) electrons. The number of fused-ring (bicyclic) bond motifs is 14. The number of para-hydroxylation sites is 1. The molecule has 5 nitrogen and oxygen atoms in total. The van der Waals surface area contributed by atoms with Crippen molar-refractivity contribution < 1.29 is 8.81 Å². The molecule has 6 heteroatoms. The molecule has 2 aromatic heterocycles. The van der Waals surface area contributed by atoms with Gasteiger partial charge in [-0.3, -0.25) is 9.80 Å². The number of anilines is 5. The summed E-state index contributed by atoms with van der Waals surface area (Å²) in [5, 5.41) is 1.96. The fraction of sp³-hybridized carbons (Fsp3) is 0.188. The highest BCUT2D eigenvalue weighted by Gasteiger charge is 2.53. The topological polar surface area (TPSA) is 44.9 Å². The maximum absolute atomic E-state index is 16.3. The average molecular weight is 917 g/mol. The molecule has 70 heavy (non-hydrogen) atoms. The van der Waals surface area contributed by atoms with Crippen LogP contribution in [0.5, 0.6) is 0 Å². The minimum Gasteiger partial charge on any atom is -0.455 e. The number of nitrogens with zero attached hydrogens (tertiary/aromatic N) is 4. The Hall–Kier alpha value is -7.83. The first kappa shape index (κ1) is 44.7. The van der Waals surface area contributed by atoms with Crippen molar-refractivity contribution in [3.63, 3.8) is 0 Å².